The number of hydrogen-bond acceptors (Lipinski definition) is 4. The maximum atomic E-state index is 12.9. The van der Waals surface area contributed by atoms with Crippen LogP contribution in [0.15, 0.2) is 60.9 Å². The fourth-order valence-electron chi connectivity index (χ4n) is 3.40. The molecule has 0 spiro atoms. The number of benzene rings is 2. The molecule has 2 aromatic carbocycles. The van der Waals surface area contributed by atoms with Gasteiger partial charge in [0.15, 0.2) is 5.65 Å². The summed E-state index contributed by atoms with van der Waals surface area (Å²) in [6, 6.07) is 15.6. The van der Waals surface area contributed by atoms with Crippen molar-refractivity contribution in [1.82, 2.24) is 14.6 Å². The largest absolute Gasteiger partial charge is 0.494 e. The number of nitrogens with zero attached hydrogens (tertiary/aromatic N) is 3. The van der Waals surface area contributed by atoms with Crippen LogP contribution in [0, 0.1) is 13.8 Å². The first-order valence-corrected chi connectivity index (χ1v) is 9.51. The second kappa shape index (κ2) is 7.75. The average molecular weight is 386 g/mol. The van der Waals surface area contributed by atoms with Crippen LogP contribution < -0.4 is 10.1 Å². The van der Waals surface area contributed by atoms with Gasteiger partial charge in [0.05, 0.1) is 18.5 Å². The summed E-state index contributed by atoms with van der Waals surface area (Å²) >= 11 is 0. The zero-order chi connectivity index (χ0) is 20.4. The smallest absolute Gasteiger partial charge is 0.261 e. The third-order valence-corrected chi connectivity index (χ3v) is 4.59. The van der Waals surface area contributed by atoms with E-state index in [1.165, 1.54) is 0 Å². The van der Waals surface area contributed by atoms with Crippen molar-refractivity contribution in [1.29, 1.82) is 0 Å². The molecule has 0 saturated heterocycles. The van der Waals surface area contributed by atoms with Crippen molar-refractivity contribution < 1.29 is 9.53 Å². The van der Waals surface area contributed by atoms with Crippen LogP contribution in [0.1, 0.15) is 28.4 Å². The summed E-state index contributed by atoms with van der Waals surface area (Å²) in [5.74, 6) is 0.580. The summed E-state index contributed by atoms with van der Waals surface area (Å²) in [6.45, 7) is 6.58. The van der Waals surface area contributed by atoms with E-state index in [2.05, 4.69) is 21.5 Å². The minimum absolute atomic E-state index is 0.235. The Morgan fingerprint density at radius 2 is 1.79 bits per heavy atom. The molecule has 4 rings (SSSR count). The molecule has 29 heavy (non-hydrogen) atoms. The molecule has 1 amide bonds. The Bertz CT molecular complexity index is 1160. The van der Waals surface area contributed by atoms with Gasteiger partial charge in [-0.25, -0.2) is 9.50 Å². The quantitative estimate of drug-likeness (QED) is 0.541. The van der Waals surface area contributed by atoms with Crippen LogP contribution >= 0.6 is 0 Å². The van der Waals surface area contributed by atoms with E-state index in [4.69, 9.17) is 4.74 Å². The van der Waals surface area contributed by atoms with Gasteiger partial charge in [-0.1, -0.05) is 6.07 Å². The van der Waals surface area contributed by atoms with Crippen LogP contribution in [0.5, 0.6) is 5.75 Å². The summed E-state index contributed by atoms with van der Waals surface area (Å²) in [5, 5.41) is 7.36. The molecule has 0 atom stereocenters. The first-order chi connectivity index (χ1) is 14.0. The summed E-state index contributed by atoms with van der Waals surface area (Å²) in [7, 11) is 0. The zero-order valence-corrected chi connectivity index (χ0v) is 16.6. The lowest BCUT2D eigenvalue weighted by Gasteiger charge is -2.08. The Kier molecular flexibility index (Phi) is 4.99. The molecule has 0 aliphatic heterocycles. The average Bonchev–Trinajstić information content (AvgIpc) is 3.12. The van der Waals surface area contributed by atoms with Crippen molar-refractivity contribution in [2.45, 2.75) is 20.8 Å². The van der Waals surface area contributed by atoms with E-state index in [-0.39, 0.29) is 5.91 Å². The van der Waals surface area contributed by atoms with Crippen LogP contribution in [-0.2, 0) is 0 Å². The topological polar surface area (TPSA) is 68.5 Å². The second-order valence-electron chi connectivity index (χ2n) is 6.91. The van der Waals surface area contributed by atoms with Gasteiger partial charge < -0.3 is 10.1 Å². The van der Waals surface area contributed by atoms with Crippen LogP contribution in [0.2, 0.25) is 0 Å². The molecule has 0 fully saturated rings. The highest BCUT2D eigenvalue weighted by Gasteiger charge is 2.16. The Labute approximate surface area is 169 Å². The molecule has 0 aliphatic rings. The lowest BCUT2D eigenvalue weighted by molar-refractivity contribution is 0.102. The molecule has 0 saturated carbocycles. The molecule has 0 aliphatic carbocycles. The molecule has 2 aromatic heterocycles. The van der Waals surface area contributed by atoms with Crippen LogP contribution in [0.3, 0.4) is 0 Å². The molecular formula is C23H22N4O2. The number of rotatable bonds is 5. The van der Waals surface area contributed by atoms with Crippen molar-refractivity contribution >= 4 is 17.2 Å². The number of amides is 1. The van der Waals surface area contributed by atoms with Crippen LogP contribution in [0.4, 0.5) is 5.69 Å². The third kappa shape index (κ3) is 3.82. The molecule has 0 unspecified atom stereocenters. The molecule has 2 heterocycles. The number of hydrogen-bond donors (Lipinski definition) is 1. The molecular weight excluding hydrogens is 364 g/mol. The summed E-state index contributed by atoms with van der Waals surface area (Å²) < 4.78 is 7.19. The van der Waals surface area contributed by atoms with E-state index in [9.17, 15) is 4.79 Å². The highest BCUT2D eigenvalue weighted by Crippen LogP contribution is 2.24. The standard InChI is InChI=1S/C23H22N4O2/c1-4-29-19-7-5-17(6-8-19)21-9-10-24-22-20(14-25-27(21)22)23(28)26-18-12-15(2)11-16(3)13-18/h5-14H,4H2,1-3H3,(H,26,28). The van der Waals surface area contributed by atoms with Gasteiger partial charge in [0.2, 0.25) is 0 Å². The number of nitrogens with one attached hydrogen (secondary N) is 1. The second-order valence-corrected chi connectivity index (χ2v) is 6.91. The van der Waals surface area contributed by atoms with Crippen molar-refractivity contribution in [3.63, 3.8) is 0 Å². The maximum Gasteiger partial charge on any atom is 0.261 e. The Balaban J connectivity index is 1.67. The predicted molar refractivity (Wildman–Crippen MR) is 113 cm³/mol. The molecule has 6 nitrogen and oxygen atoms in total. The van der Waals surface area contributed by atoms with Gasteiger partial charge in [-0.15, -0.1) is 0 Å². The highest BCUT2D eigenvalue weighted by molar-refractivity contribution is 6.08. The Hall–Kier alpha value is -3.67. The number of carbonyl (C=O) groups excluding carboxylic acids is 1. The molecule has 0 bridgehead atoms. The maximum absolute atomic E-state index is 12.9. The van der Waals surface area contributed by atoms with Gasteiger partial charge in [-0.2, -0.15) is 5.10 Å². The number of carbonyl (C=O) groups is 1. The third-order valence-electron chi connectivity index (χ3n) is 4.59. The van der Waals surface area contributed by atoms with Gasteiger partial charge >= 0.3 is 0 Å². The summed E-state index contributed by atoms with van der Waals surface area (Å²) in [6.07, 6.45) is 3.24. The first-order valence-electron chi connectivity index (χ1n) is 9.51. The predicted octanol–water partition coefficient (Wildman–Crippen LogP) is 4.66. The molecule has 1 N–H and O–H groups in total. The summed E-state index contributed by atoms with van der Waals surface area (Å²) in [5.41, 5.74) is 5.70. The van der Waals surface area contributed by atoms with E-state index in [1.807, 2.05) is 63.2 Å². The minimum Gasteiger partial charge on any atom is -0.494 e. The van der Waals surface area contributed by atoms with Gasteiger partial charge in [-0.05, 0) is 74.4 Å². The van der Waals surface area contributed by atoms with E-state index >= 15 is 0 Å². The fraction of sp³-hybridized carbons (Fsp3) is 0.174. The Morgan fingerprint density at radius 1 is 1.07 bits per heavy atom. The first kappa shape index (κ1) is 18.7. The molecule has 6 heteroatoms. The van der Waals surface area contributed by atoms with Gasteiger partial charge in [0.25, 0.3) is 5.91 Å². The minimum atomic E-state index is -0.235. The lowest BCUT2D eigenvalue weighted by Crippen LogP contribution is -2.12. The highest BCUT2D eigenvalue weighted by atomic mass is 16.5. The molecule has 146 valence electrons. The van der Waals surface area contributed by atoms with Crippen molar-refractivity contribution in [3.8, 4) is 17.0 Å². The number of aromatic nitrogens is 3. The normalized spacial score (nSPS) is 10.9. The summed E-state index contributed by atoms with van der Waals surface area (Å²) in [4.78, 5) is 17.2. The monoisotopic (exact) mass is 386 g/mol. The van der Waals surface area contributed by atoms with Gasteiger partial charge in [0.1, 0.15) is 11.3 Å². The van der Waals surface area contributed by atoms with E-state index in [1.54, 1.807) is 16.9 Å². The van der Waals surface area contributed by atoms with E-state index < -0.39 is 0 Å². The number of ether oxygens (including phenoxy) is 1. The Morgan fingerprint density at radius 3 is 2.48 bits per heavy atom. The number of aryl methyl sites for hydroxylation is 2. The van der Waals surface area contributed by atoms with Crippen LogP contribution in [-0.4, -0.2) is 27.1 Å². The lowest BCUT2D eigenvalue weighted by atomic mass is 10.1. The van der Waals surface area contributed by atoms with Crippen molar-refractivity contribution in [3.05, 3.63) is 77.6 Å². The zero-order valence-electron chi connectivity index (χ0n) is 16.6. The van der Waals surface area contributed by atoms with Crippen molar-refractivity contribution in [2.75, 3.05) is 11.9 Å². The molecule has 0 radical (unpaired) electrons. The van der Waals surface area contributed by atoms with Crippen molar-refractivity contribution in [2.24, 2.45) is 0 Å². The molecule has 4 aromatic rings. The fourth-order valence-corrected chi connectivity index (χ4v) is 3.40. The SMILES string of the molecule is CCOc1ccc(-c2ccnc3c(C(=O)Nc4cc(C)cc(C)c4)cnn23)cc1. The number of fused-ring (bicyclic) bond motifs is 1. The van der Waals surface area contributed by atoms with Crippen LogP contribution in [0.25, 0.3) is 16.9 Å². The van der Waals surface area contributed by atoms with E-state index in [0.29, 0.717) is 17.8 Å². The van der Waals surface area contributed by atoms with Gasteiger partial charge in [0, 0.05) is 17.4 Å². The van der Waals surface area contributed by atoms with E-state index in [0.717, 1.165) is 33.8 Å². The number of anilines is 1. The van der Waals surface area contributed by atoms with Gasteiger partial charge in [-0.3, -0.25) is 4.79 Å².